The van der Waals surface area contributed by atoms with E-state index < -0.39 is 28.5 Å². The summed E-state index contributed by atoms with van der Waals surface area (Å²) in [4.78, 5) is 28.8. The standard InChI is InChI=1S/C34H36BrN3O5S/c1-4-25(2)36-34(40)26(3)37(23-27-15-17-28(35)18-16-27)33(39)24-38(44(41,42)32-13-9-6-10-14-32)29-19-21-31(22-20-29)43-30-11-7-5-8-12-30/h5-22,25-26H,4,23-24H2,1-3H3,(H,36,40)/t25-,26+/m1/s1. The van der Waals surface area contributed by atoms with E-state index in [0.717, 1.165) is 20.8 Å². The lowest BCUT2D eigenvalue weighted by atomic mass is 10.1. The summed E-state index contributed by atoms with van der Waals surface area (Å²) >= 11 is 3.43. The molecule has 0 unspecified atom stereocenters. The van der Waals surface area contributed by atoms with Gasteiger partial charge >= 0.3 is 0 Å². The quantitative estimate of drug-likeness (QED) is 0.169. The van der Waals surface area contributed by atoms with Gasteiger partial charge in [0.1, 0.15) is 24.1 Å². The molecular weight excluding hydrogens is 642 g/mol. The Balaban J connectivity index is 1.68. The molecule has 4 aromatic rings. The van der Waals surface area contributed by atoms with Crippen LogP contribution >= 0.6 is 15.9 Å². The molecule has 0 fully saturated rings. The molecule has 44 heavy (non-hydrogen) atoms. The van der Waals surface area contributed by atoms with Gasteiger partial charge in [-0.05, 0) is 86.5 Å². The van der Waals surface area contributed by atoms with Crippen LogP contribution in [0.15, 0.2) is 119 Å². The summed E-state index contributed by atoms with van der Waals surface area (Å²) in [6.07, 6.45) is 0.728. The highest BCUT2D eigenvalue weighted by atomic mass is 79.9. The van der Waals surface area contributed by atoms with E-state index in [2.05, 4.69) is 21.2 Å². The lowest BCUT2D eigenvalue weighted by Gasteiger charge is -2.32. The predicted octanol–water partition coefficient (Wildman–Crippen LogP) is 6.77. The second-order valence-electron chi connectivity index (χ2n) is 10.4. The summed E-state index contributed by atoms with van der Waals surface area (Å²) < 4.78 is 35.8. The average Bonchev–Trinajstić information content (AvgIpc) is 3.04. The number of anilines is 1. The van der Waals surface area contributed by atoms with Crippen molar-refractivity contribution in [3.8, 4) is 11.5 Å². The van der Waals surface area contributed by atoms with Crippen LogP contribution in [-0.2, 0) is 26.2 Å². The Morgan fingerprint density at radius 2 is 1.39 bits per heavy atom. The number of carbonyl (C=O) groups is 2. The number of hydrogen-bond donors (Lipinski definition) is 1. The van der Waals surface area contributed by atoms with Gasteiger partial charge in [0.25, 0.3) is 10.0 Å². The molecule has 0 saturated carbocycles. The normalized spacial score (nSPS) is 12.5. The van der Waals surface area contributed by atoms with Crippen LogP contribution in [0.3, 0.4) is 0 Å². The Bertz CT molecular complexity index is 1630. The minimum Gasteiger partial charge on any atom is -0.457 e. The van der Waals surface area contributed by atoms with Gasteiger partial charge in [-0.25, -0.2) is 8.42 Å². The molecule has 0 radical (unpaired) electrons. The molecule has 2 amide bonds. The zero-order valence-corrected chi connectivity index (χ0v) is 27.3. The largest absolute Gasteiger partial charge is 0.457 e. The maximum absolute atomic E-state index is 14.1. The van der Waals surface area contributed by atoms with Gasteiger partial charge < -0.3 is 15.0 Å². The van der Waals surface area contributed by atoms with Crippen LogP contribution in [0.1, 0.15) is 32.8 Å². The van der Waals surface area contributed by atoms with Crippen molar-refractivity contribution in [1.29, 1.82) is 0 Å². The molecule has 0 saturated heterocycles. The number of carbonyl (C=O) groups excluding carboxylic acids is 2. The summed E-state index contributed by atoms with van der Waals surface area (Å²) in [5, 5.41) is 2.94. The molecule has 10 heteroatoms. The topological polar surface area (TPSA) is 96.0 Å². The Hall–Kier alpha value is -4.15. The highest BCUT2D eigenvalue weighted by Gasteiger charge is 2.32. The first kappa shape index (κ1) is 32.8. The number of sulfonamides is 1. The predicted molar refractivity (Wildman–Crippen MR) is 176 cm³/mol. The van der Waals surface area contributed by atoms with Crippen LogP contribution in [0.25, 0.3) is 0 Å². The lowest BCUT2D eigenvalue weighted by molar-refractivity contribution is -0.139. The average molecular weight is 679 g/mol. The molecule has 0 aliphatic heterocycles. The van der Waals surface area contributed by atoms with Crippen molar-refractivity contribution in [2.75, 3.05) is 10.8 Å². The zero-order chi connectivity index (χ0) is 31.7. The van der Waals surface area contributed by atoms with Gasteiger partial charge in [0, 0.05) is 17.1 Å². The first-order chi connectivity index (χ1) is 21.1. The van der Waals surface area contributed by atoms with E-state index in [4.69, 9.17) is 4.74 Å². The van der Waals surface area contributed by atoms with E-state index in [1.807, 2.05) is 68.4 Å². The first-order valence-corrected chi connectivity index (χ1v) is 16.6. The molecule has 4 aromatic carbocycles. The Morgan fingerprint density at radius 1 is 0.818 bits per heavy atom. The van der Waals surface area contributed by atoms with Crippen LogP contribution in [0.4, 0.5) is 5.69 Å². The fourth-order valence-corrected chi connectivity index (χ4v) is 6.09. The van der Waals surface area contributed by atoms with E-state index in [-0.39, 0.29) is 29.1 Å². The molecule has 0 spiro atoms. The molecule has 0 bridgehead atoms. The Morgan fingerprint density at radius 3 is 1.98 bits per heavy atom. The second-order valence-corrected chi connectivity index (χ2v) is 13.2. The van der Waals surface area contributed by atoms with Crippen LogP contribution in [0.5, 0.6) is 11.5 Å². The molecule has 2 atom stereocenters. The maximum atomic E-state index is 14.1. The third-order valence-corrected chi connectivity index (χ3v) is 9.46. The third-order valence-electron chi connectivity index (χ3n) is 7.15. The fraction of sp³-hybridized carbons (Fsp3) is 0.235. The van der Waals surface area contributed by atoms with Crippen molar-refractivity contribution in [1.82, 2.24) is 10.2 Å². The lowest BCUT2D eigenvalue weighted by Crippen LogP contribution is -2.52. The second kappa shape index (κ2) is 15.0. The van der Waals surface area contributed by atoms with E-state index in [9.17, 15) is 18.0 Å². The molecule has 0 aromatic heterocycles. The molecule has 230 valence electrons. The number of ether oxygens (including phenoxy) is 1. The van der Waals surface area contributed by atoms with Crippen molar-refractivity contribution in [2.24, 2.45) is 0 Å². The first-order valence-electron chi connectivity index (χ1n) is 14.3. The summed E-state index contributed by atoms with van der Waals surface area (Å²) in [5.41, 5.74) is 1.08. The van der Waals surface area contributed by atoms with Crippen LogP contribution in [-0.4, -0.2) is 43.8 Å². The summed E-state index contributed by atoms with van der Waals surface area (Å²) in [6, 6.07) is 30.2. The summed E-state index contributed by atoms with van der Waals surface area (Å²) in [6.45, 7) is 5.10. The number of nitrogens with one attached hydrogen (secondary N) is 1. The summed E-state index contributed by atoms with van der Waals surface area (Å²) in [5.74, 6) is 0.307. The highest BCUT2D eigenvalue weighted by Crippen LogP contribution is 2.28. The maximum Gasteiger partial charge on any atom is 0.264 e. The van der Waals surface area contributed by atoms with Crippen LogP contribution in [0.2, 0.25) is 0 Å². The van der Waals surface area contributed by atoms with Gasteiger partial charge in [0.2, 0.25) is 11.8 Å². The van der Waals surface area contributed by atoms with E-state index >= 15 is 0 Å². The van der Waals surface area contributed by atoms with Crippen molar-refractivity contribution < 1.29 is 22.7 Å². The van der Waals surface area contributed by atoms with E-state index in [1.54, 1.807) is 49.4 Å². The minimum absolute atomic E-state index is 0.0411. The smallest absolute Gasteiger partial charge is 0.264 e. The molecule has 4 rings (SSSR count). The van der Waals surface area contributed by atoms with Crippen LogP contribution in [0, 0.1) is 0 Å². The minimum atomic E-state index is -4.16. The van der Waals surface area contributed by atoms with Gasteiger partial charge in [-0.3, -0.25) is 13.9 Å². The SMILES string of the molecule is CC[C@@H](C)NC(=O)[C@H](C)N(Cc1ccc(Br)cc1)C(=O)CN(c1ccc(Oc2ccccc2)cc1)S(=O)(=O)c1ccccc1. The van der Waals surface area contributed by atoms with Gasteiger partial charge in [-0.2, -0.15) is 0 Å². The van der Waals surface area contributed by atoms with Gasteiger partial charge in [-0.15, -0.1) is 0 Å². The van der Waals surface area contributed by atoms with Gasteiger partial charge in [-0.1, -0.05) is 71.4 Å². The van der Waals surface area contributed by atoms with Gasteiger partial charge in [0.05, 0.1) is 10.6 Å². The van der Waals surface area contributed by atoms with Crippen LogP contribution < -0.4 is 14.4 Å². The Labute approximate surface area is 267 Å². The molecule has 1 N–H and O–H groups in total. The van der Waals surface area contributed by atoms with Crippen molar-refractivity contribution in [3.63, 3.8) is 0 Å². The van der Waals surface area contributed by atoms with E-state index in [0.29, 0.717) is 11.5 Å². The number of halogens is 1. The highest BCUT2D eigenvalue weighted by molar-refractivity contribution is 9.10. The number of nitrogens with zero attached hydrogens (tertiary/aromatic N) is 2. The number of para-hydroxylation sites is 1. The number of amides is 2. The van der Waals surface area contributed by atoms with Crippen molar-refractivity contribution in [3.05, 3.63) is 119 Å². The Kier molecular flexibility index (Phi) is 11.2. The zero-order valence-electron chi connectivity index (χ0n) is 24.9. The molecule has 0 aliphatic carbocycles. The van der Waals surface area contributed by atoms with Crippen molar-refractivity contribution in [2.45, 2.75) is 50.7 Å². The molecular formula is C34H36BrN3O5S. The molecule has 0 heterocycles. The number of rotatable bonds is 13. The van der Waals surface area contributed by atoms with E-state index in [1.165, 1.54) is 17.0 Å². The number of hydrogen-bond acceptors (Lipinski definition) is 5. The fourth-order valence-electron chi connectivity index (χ4n) is 4.39. The third kappa shape index (κ3) is 8.48. The molecule has 0 aliphatic rings. The number of benzene rings is 4. The van der Waals surface area contributed by atoms with Crippen molar-refractivity contribution >= 4 is 43.5 Å². The van der Waals surface area contributed by atoms with Gasteiger partial charge in [0.15, 0.2) is 0 Å². The molecule has 8 nitrogen and oxygen atoms in total. The monoisotopic (exact) mass is 677 g/mol. The summed E-state index contributed by atoms with van der Waals surface area (Å²) in [7, 11) is -4.16.